The summed E-state index contributed by atoms with van der Waals surface area (Å²) in [6, 6.07) is 0. The van der Waals surface area contributed by atoms with Crippen LogP contribution in [-0.4, -0.2) is 34.0 Å². The molecule has 0 radical (unpaired) electrons. The zero-order chi connectivity index (χ0) is 21.4. The van der Waals surface area contributed by atoms with Crippen LogP contribution in [0.25, 0.3) is 0 Å². The predicted molar refractivity (Wildman–Crippen MR) is 114 cm³/mol. The topological polar surface area (TPSA) is 95.1 Å². The van der Waals surface area contributed by atoms with Gasteiger partial charge in [-0.3, -0.25) is 4.79 Å². The number of imidazole rings is 1. The molecule has 154 valence electrons. The van der Waals surface area contributed by atoms with Gasteiger partial charge in [-0.25, -0.2) is 9.78 Å². The SMILES string of the molecule is CNC(=O)C1=C(/C=C/C(C)=C/C=C/C(C)=C/C(=O)O)[C@@](C)(c2cnc[nH]2)CCC1. The second kappa shape index (κ2) is 9.87. The maximum atomic E-state index is 12.5. The molecule has 0 spiro atoms. The summed E-state index contributed by atoms with van der Waals surface area (Å²) in [5.41, 5.74) is 4.13. The minimum absolute atomic E-state index is 0.0500. The molecule has 0 bridgehead atoms. The standard InChI is InChI=1S/C23H29N3O3/c1-16(7-5-8-17(2)13-21(27)28)10-11-19-18(22(29)24-4)9-6-12-23(19,3)20-14-25-15-26-20/h5,7-8,10-11,13-15H,6,9,12H2,1-4H3,(H,24,29)(H,25,26)(H,27,28)/b8-5+,11-10+,16-7+,17-13+/t23-/m0/s1. The van der Waals surface area contributed by atoms with Crippen molar-refractivity contribution < 1.29 is 14.7 Å². The van der Waals surface area contributed by atoms with Crippen molar-refractivity contribution in [3.8, 4) is 0 Å². The Kier molecular flexibility index (Phi) is 7.53. The number of H-pyrrole nitrogens is 1. The van der Waals surface area contributed by atoms with Crippen molar-refractivity contribution in [1.29, 1.82) is 0 Å². The summed E-state index contributed by atoms with van der Waals surface area (Å²) in [6.07, 6.45) is 16.7. The van der Waals surface area contributed by atoms with E-state index in [1.54, 1.807) is 26.4 Å². The second-order valence-electron chi connectivity index (χ2n) is 7.45. The van der Waals surface area contributed by atoms with Crippen LogP contribution < -0.4 is 5.32 Å². The van der Waals surface area contributed by atoms with Gasteiger partial charge in [-0.15, -0.1) is 0 Å². The number of aromatic amines is 1. The molecule has 0 saturated carbocycles. The van der Waals surface area contributed by atoms with Gasteiger partial charge < -0.3 is 15.4 Å². The van der Waals surface area contributed by atoms with Gasteiger partial charge in [-0.05, 0) is 51.2 Å². The van der Waals surface area contributed by atoms with Crippen LogP contribution in [0.15, 0.2) is 71.3 Å². The molecule has 1 aliphatic rings. The van der Waals surface area contributed by atoms with Gasteiger partial charge in [0.2, 0.25) is 5.91 Å². The highest BCUT2D eigenvalue weighted by Gasteiger charge is 2.37. The van der Waals surface area contributed by atoms with Crippen LogP contribution in [0.1, 0.15) is 45.7 Å². The summed E-state index contributed by atoms with van der Waals surface area (Å²) < 4.78 is 0. The Balaban J connectivity index is 2.36. The Bertz CT molecular complexity index is 902. The molecule has 0 fully saturated rings. The molecule has 1 amide bonds. The van der Waals surface area contributed by atoms with E-state index in [1.165, 1.54) is 0 Å². The Morgan fingerprint density at radius 2 is 2.03 bits per heavy atom. The molecule has 0 saturated heterocycles. The molecule has 1 heterocycles. The first kappa shape index (κ1) is 22.1. The Morgan fingerprint density at radius 3 is 2.66 bits per heavy atom. The Labute approximate surface area is 171 Å². The number of carboxylic acids is 1. The molecule has 2 rings (SSSR count). The maximum Gasteiger partial charge on any atom is 0.328 e. The summed E-state index contributed by atoms with van der Waals surface area (Å²) >= 11 is 0. The van der Waals surface area contributed by atoms with Crippen LogP contribution in [0.3, 0.4) is 0 Å². The van der Waals surface area contributed by atoms with Crippen molar-refractivity contribution in [3.05, 3.63) is 77.0 Å². The van der Waals surface area contributed by atoms with Gasteiger partial charge in [0, 0.05) is 36.0 Å². The monoisotopic (exact) mass is 395 g/mol. The van der Waals surface area contributed by atoms with Crippen molar-refractivity contribution in [2.45, 2.75) is 45.4 Å². The highest BCUT2D eigenvalue weighted by molar-refractivity contribution is 5.95. The second-order valence-corrected chi connectivity index (χ2v) is 7.45. The van der Waals surface area contributed by atoms with E-state index in [9.17, 15) is 9.59 Å². The van der Waals surface area contributed by atoms with Crippen molar-refractivity contribution in [2.75, 3.05) is 7.05 Å². The van der Waals surface area contributed by atoms with Crippen molar-refractivity contribution in [3.63, 3.8) is 0 Å². The largest absolute Gasteiger partial charge is 0.478 e. The molecular formula is C23H29N3O3. The fourth-order valence-electron chi connectivity index (χ4n) is 3.59. The molecule has 0 aliphatic heterocycles. The van der Waals surface area contributed by atoms with E-state index in [4.69, 9.17) is 5.11 Å². The number of likely N-dealkylation sites (N-methyl/N-ethyl adjacent to an activating group) is 1. The summed E-state index contributed by atoms with van der Waals surface area (Å²) in [5.74, 6) is -1.01. The summed E-state index contributed by atoms with van der Waals surface area (Å²) in [7, 11) is 1.65. The fourth-order valence-corrected chi connectivity index (χ4v) is 3.59. The third-order valence-electron chi connectivity index (χ3n) is 5.20. The highest BCUT2D eigenvalue weighted by atomic mass is 16.4. The number of nitrogens with zero attached hydrogens (tertiary/aromatic N) is 1. The Morgan fingerprint density at radius 1 is 1.28 bits per heavy atom. The highest BCUT2D eigenvalue weighted by Crippen LogP contribution is 2.43. The van der Waals surface area contributed by atoms with E-state index in [-0.39, 0.29) is 11.3 Å². The molecule has 0 unspecified atom stereocenters. The lowest BCUT2D eigenvalue weighted by atomic mass is 9.68. The van der Waals surface area contributed by atoms with Crippen LogP contribution in [-0.2, 0) is 15.0 Å². The van der Waals surface area contributed by atoms with Crippen molar-refractivity contribution in [2.24, 2.45) is 0 Å². The van der Waals surface area contributed by atoms with Gasteiger partial charge in [0.25, 0.3) is 0 Å². The quantitative estimate of drug-likeness (QED) is 0.481. The lowest BCUT2D eigenvalue weighted by molar-refractivity contribution is -0.131. The number of hydrogen-bond donors (Lipinski definition) is 3. The number of hydrogen-bond acceptors (Lipinski definition) is 3. The van der Waals surface area contributed by atoms with Crippen LogP contribution in [0.2, 0.25) is 0 Å². The third kappa shape index (κ3) is 5.67. The lowest BCUT2D eigenvalue weighted by Gasteiger charge is -2.36. The first-order valence-electron chi connectivity index (χ1n) is 9.66. The minimum Gasteiger partial charge on any atom is -0.478 e. The van der Waals surface area contributed by atoms with Gasteiger partial charge in [-0.1, -0.05) is 36.0 Å². The molecule has 1 aromatic rings. The van der Waals surface area contributed by atoms with Crippen LogP contribution in [0, 0.1) is 0 Å². The molecule has 1 aliphatic carbocycles. The number of allylic oxidation sites excluding steroid dienone is 8. The van der Waals surface area contributed by atoms with Crippen LogP contribution >= 0.6 is 0 Å². The fraction of sp³-hybridized carbons (Fsp3) is 0.348. The normalized spacial score (nSPS) is 21.2. The number of aromatic nitrogens is 2. The van der Waals surface area contributed by atoms with Gasteiger partial charge in [0.05, 0.1) is 6.33 Å². The van der Waals surface area contributed by atoms with Crippen molar-refractivity contribution in [1.82, 2.24) is 15.3 Å². The summed E-state index contributed by atoms with van der Waals surface area (Å²) in [4.78, 5) is 30.6. The number of rotatable bonds is 7. The number of carboxylic acid groups (broad SMARTS) is 1. The average Bonchev–Trinajstić information content (AvgIpc) is 3.21. The number of carbonyl (C=O) groups excluding carboxylic acids is 1. The van der Waals surface area contributed by atoms with Gasteiger partial charge >= 0.3 is 5.97 Å². The van der Waals surface area contributed by atoms with Gasteiger partial charge in [0.15, 0.2) is 0 Å². The van der Waals surface area contributed by atoms with E-state index in [2.05, 4.69) is 22.2 Å². The van der Waals surface area contributed by atoms with Crippen LogP contribution in [0.4, 0.5) is 0 Å². The Hall–Kier alpha value is -3.15. The molecular weight excluding hydrogens is 366 g/mol. The van der Waals surface area contributed by atoms with E-state index in [0.29, 0.717) is 5.57 Å². The van der Waals surface area contributed by atoms with E-state index >= 15 is 0 Å². The van der Waals surface area contributed by atoms with E-state index < -0.39 is 5.97 Å². The average molecular weight is 396 g/mol. The van der Waals surface area contributed by atoms with E-state index in [1.807, 2.05) is 37.4 Å². The first-order valence-corrected chi connectivity index (χ1v) is 9.66. The summed E-state index contributed by atoms with van der Waals surface area (Å²) in [5, 5.41) is 11.5. The summed E-state index contributed by atoms with van der Waals surface area (Å²) in [6.45, 7) is 5.84. The molecule has 3 N–H and O–H groups in total. The molecule has 6 heteroatoms. The molecule has 6 nitrogen and oxygen atoms in total. The van der Waals surface area contributed by atoms with Gasteiger partial charge in [-0.2, -0.15) is 0 Å². The zero-order valence-electron chi connectivity index (χ0n) is 17.5. The first-order chi connectivity index (χ1) is 13.8. The number of carbonyl (C=O) groups is 2. The molecule has 0 aromatic carbocycles. The molecule has 1 atom stereocenters. The zero-order valence-corrected chi connectivity index (χ0v) is 17.5. The number of nitrogens with one attached hydrogen (secondary N) is 2. The molecule has 1 aromatic heterocycles. The minimum atomic E-state index is -0.961. The third-order valence-corrected chi connectivity index (χ3v) is 5.20. The maximum absolute atomic E-state index is 12.5. The van der Waals surface area contributed by atoms with Crippen LogP contribution in [0.5, 0.6) is 0 Å². The predicted octanol–water partition coefficient (Wildman–Crippen LogP) is 3.98. The van der Waals surface area contributed by atoms with E-state index in [0.717, 1.165) is 47.8 Å². The van der Waals surface area contributed by atoms with Gasteiger partial charge in [0.1, 0.15) is 0 Å². The van der Waals surface area contributed by atoms with Crippen molar-refractivity contribution >= 4 is 11.9 Å². The number of amides is 1. The lowest BCUT2D eigenvalue weighted by Crippen LogP contribution is -2.33. The smallest absolute Gasteiger partial charge is 0.328 e. The number of aliphatic carboxylic acids is 1. The molecule has 29 heavy (non-hydrogen) atoms.